The third-order valence-electron chi connectivity index (χ3n) is 8.59. The molecule has 4 N–H and O–H groups in total. The molecule has 48 heavy (non-hydrogen) atoms. The van der Waals surface area contributed by atoms with Gasteiger partial charge in [-0.25, -0.2) is 14.5 Å². The predicted molar refractivity (Wildman–Crippen MR) is 173 cm³/mol. The summed E-state index contributed by atoms with van der Waals surface area (Å²) in [5.41, 5.74) is -2.56. The fourth-order valence-electron chi connectivity index (χ4n) is 5.80. The number of pyridine rings is 1. The fraction of sp³-hybridized carbons (Fsp3) is 0.516. The number of aromatic nitrogens is 1. The highest BCUT2D eigenvalue weighted by Crippen LogP contribution is 2.45. The molecule has 5 rings (SSSR count). The van der Waals surface area contributed by atoms with Crippen LogP contribution < -0.4 is 24.8 Å². The standard InChI is InChI=1S/C31H38ClN5O10S/c1-6-16-14-31(16,28(40)36-48(43,44)47-17-7-8-17)35-25(38)21-13-18(15-37(21)27(39)24(30(2,3)4)34-29(41)42)46-26-20-9-10-22(45-5)23(32)19(20)11-12-33-26/h6,9-12,16-18,21,24,34H,1,7-8,13-15H2,2-5H3,(H,35,38)(H,36,40)(H,41,42). The molecular weight excluding hydrogens is 670 g/mol. The molecule has 2 aliphatic carbocycles. The normalized spacial score (nSPS) is 24.4. The molecule has 3 fully saturated rings. The van der Waals surface area contributed by atoms with Crippen LogP contribution in [-0.4, -0.2) is 90.7 Å². The molecule has 3 aliphatic rings. The summed E-state index contributed by atoms with van der Waals surface area (Å²) in [6.07, 6.45) is 1.26. The number of hydrogen-bond donors (Lipinski definition) is 4. The predicted octanol–water partition coefficient (Wildman–Crippen LogP) is 2.53. The Kier molecular flexibility index (Phi) is 9.56. The summed E-state index contributed by atoms with van der Waals surface area (Å²) in [4.78, 5) is 58.6. The Hall–Kier alpha value is -4.15. The van der Waals surface area contributed by atoms with E-state index in [9.17, 15) is 32.7 Å². The molecule has 17 heteroatoms. The van der Waals surface area contributed by atoms with Gasteiger partial charge in [0.25, 0.3) is 5.91 Å². The van der Waals surface area contributed by atoms with E-state index in [2.05, 4.69) is 22.2 Å². The molecule has 4 amide bonds. The maximum Gasteiger partial charge on any atom is 0.405 e. The van der Waals surface area contributed by atoms with Crippen molar-refractivity contribution in [2.24, 2.45) is 11.3 Å². The van der Waals surface area contributed by atoms with Crippen LogP contribution in [-0.2, 0) is 28.9 Å². The van der Waals surface area contributed by atoms with Gasteiger partial charge in [-0.15, -0.1) is 6.58 Å². The van der Waals surface area contributed by atoms with Crippen LogP contribution in [0.3, 0.4) is 0 Å². The van der Waals surface area contributed by atoms with Gasteiger partial charge in [0, 0.05) is 29.3 Å². The topological polar surface area (TPSA) is 203 Å². The van der Waals surface area contributed by atoms with Crippen molar-refractivity contribution in [2.75, 3.05) is 13.7 Å². The quantitative estimate of drug-likeness (QED) is 0.236. The van der Waals surface area contributed by atoms with E-state index in [1.165, 1.54) is 24.3 Å². The van der Waals surface area contributed by atoms with E-state index < -0.39 is 75.3 Å². The SMILES string of the molecule is C=CC1CC1(NC(=O)C1CC(Oc2nccc3c(Cl)c(OC)ccc23)CN1C(=O)C(NC(=O)O)C(C)(C)C)C(=O)NS(=O)(=O)OC1CC1. The summed E-state index contributed by atoms with van der Waals surface area (Å²) in [6, 6.07) is 2.55. The minimum Gasteiger partial charge on any atom is -0.495 e. The average Bonchev–Trinajstić information content (AvgIpc) is 3.91. The number of methoxy groups -OCH3 is 1. The Morgan fingerprint density at radius 3 is 2.46 bits per heavy atom. The molecule has 1 aliphatic heterocycles. The lowest BCUT2D eigenvalue weighted by Crippen LogP contribution is -2.60. The van der Waals surface area contributed by atoms with Crippen LogP contribution in [0.25, 0.3) is 10.8 Å². The first-order chi connectivity index (χ1) is 22.5. The van der Waals surface area contributed by atoms with Crippen LogP contribution >= 0.6 is 11.6 Å². The average molecular weight is 708 g/mol. The summed E-state index contributed by atoms with van der Waals surface area (Å²) in [5, 5.41) is 15.9. The lowest BCUT2D eigenvalue weighted by atomic mass is 9.85. The zero-order valence-electron chi connectivity index (χ0n) is 26.8. The van der Waals surface area contributed by atoms with Gasteiger partial charge in [0.2, 0.25) is 17.7 Å². The highest BCUT2D eigenvalue weighted by molar-refractivity contribution is 7.85. The number of likely N-dealkylation sites (tertiary alicyclic amines) is 1. The minimum absolute atomic E-state index is 0.0585. The molecular formula is C31H38ClN5O10S. The van der Waals surface area contributed by atoms with E-state index in [-0.39, 0.29) is 25.3 Å². The smallest absolute Gasteiger partial charge is 0.405 e. The molecule has 1 aromatic heterocycles. The van der Waals surface area contributed by atoms with Crippen LogP contribution in [0.2, 0.25) is 5.02 Å². The van der Waals surface area contributed by atoms with E-state index >= 15 is 0 Å². The van der Waals surface area contributed by atoms with Gasteiger partial charge < -0.3 is 30.1 Å². The van der Waals surface area contributed by atoms with Crippen LogP contribution in [0.5, 0.6) is 11.6 Å². The van der Waals surface area contributed by atoms with Crippen molar-refractivity contribution in [2.45, 2.75) is 76.3 Å². The summed E-state index contributed by atoms with van der Waals surface area (Å²) >= 11 is 6.51. The lowest BCUT2D eigenvalue weighted by Gasteiger charge is -2.35. The molecule has 15 nitrogen and oxygen atoms in total. The van der Waals surface area contributed by atoms with E-state index in [4.69, 9.17) is 25.3 Å². The van der Waals surface area contributed by atoms with Crippen LogP contribution in [0.15, 0.2) is 37.1 Å². The second-order valence-electron chi connectivity index (χ2n) is 13.2. The number of benzene rings is 1. The molecule has 260 valence electrons. The first-order valence-corrected chi connectivity index (χ1v) is 17.1. The molecule has 5 atom stereocenters. The van der Waals surface area contributed by atoms with Crippen LogP contribution in [0, 0.1) is 11.3 Å². The third-order valence-corrected chi connectivity index (χ3v) is 9.94. The number of carboxylic acid groups (broad SMARTS) is 1. The highest BCUT2D eigenvalue weighted by atomic mass is 35.5. The van der Waals surface area contributed by atoms with Gasteiger partial charge in [-0.05, 0) is 42.9 Å². The van der Waals surface area contributed by atoms with E-state index in [0.29, 0.717) is 34.4 Å². The fourth-order valence-corrected chi connectivity index (χ4v) is 7.12. The highest BCUT2D eigenvalue weighted by Gasteiger charge is 2.62. The molecule has 0 spiro atoms. The third kappa shape index (κ3) is 7.29. The zero-order valence-corrected chi connectivity index (χ0v) is 28.4. The number of nitrogens with zero attached hydrogens (tertiary/aromatic N) is 2. The molecule has 5 unspecified atom stereocenters. The van der Waals surface area contributed by atoms with Crippen molar-refractivity contribution in [3.05, 3.63) is 42.1 Å². The Bertz CT molecular complexity index is 1760. The van der Waals surface area contributed by atoms with E-state index in [1.54, 1.807) is 39.0 Å². The molecule has 0 radical (unpaired) electrons. The summed E-state index contributed by atoms with van der Waals surface area (Å²) in [6.45, 7) is 8.57. The van der Waals surface area contributed by atoms with Gasteiger partial charge in [-0.2, -0.15) is 8.42 Å². The zero-order chi connectivity index (χ0) is 35.2. The van der Waals surface area contributed by atoms with Crippen molar-refractivity contribution >= 4 is 56.5 Å². The van der Waals surface area contributed by atoms with Crippen molar-refractivity contribution in [3.8, 4) is 11.6 Å². The summed E-state index contributed by atoms with van der Waals surface area (Å²) in [5.74, 6) is -2.44. The van der Waals surface area contributed by atoms with E-state index in [0.717, 1.165) is 0 Å². The molecule has 2 heterocycles. The van der Waals surface area contributed by atoms with Crippen LogP contribution in [0.1, 0.15) is 46.5 Å². The van der Waals surface area contributed by atoms with Gasteiger partial charge in [-0.3, -0.25) is 18.6 Å². The summed E-state index contributed by atoms with van der Waals surface area (Å²) in [7, 11) is -2.95. The summed E-state index contributed by atoms with van der Waals surface area (Å²) < 4.78 is 43.2. The Labute approximate surface area is 282 Å². The number of ether oxygens (including phenoxy) is 2. The Morgan fingerprint density at radius 2 is 1.88 bits per heavy atom. The first-order valence-electron chi connectivity index (χ1n) is 15.3. The molecule has 2 aromatic rings. The monoisotopic (exact) mass is 707 g/mol. The molecule has 1 aromatic carbocycles. The number of amides is 4. The Morgan fingerprint density at radius 1 is 1.17 bits per heavy atom. The minimum atomic E-state index is -4.44. The van der Waals surface area contributed by atoms with Crippen molar-refractivity contribution in [1.29, 1.82) is 0 Å². The van der Waals surface area contributed by atoms with Crippen molar-refractivity contribution in [1.82, 2.24) is 25.2 Å². The number of rotatable bonds is 12. The second kappa shape index (κ2) is 13.0. The van der Waals surface area contributed by atoms with Gasteiger partial charge >= 0.3 is 16.4 Å². The largest absolute Gasteiger partial charge is 0.495 e. The number of fused-ring (bicyclic) bond motifs is 1. The number of nitrogens with one attached hydrogen (secondary N) is 3. The van der Waals surface area contributed by atoms with Crippen molar-refractivity contribution < 1.29 is 46.4 Å². The van der Waals surface area contributed by atoms with Gasteiger partial charge in [0.1, 0.15) is 29.5 Å². The first kappa shape index (κ1) is 35.2. The van der Waals surface area contributed by atoms with Gasteiger partial charge in [0.05, 0.1) is 24.8 Å². The maximum atomic E-state index is 14.0. The van der Waals surface area contributed by atoms with Gasteiger partial charge in [0.15, 0.2) is 0 Å². The number of carbonyl (C=O) groups is 4. The molecule has 2 saturated carbocycles. The number of carbonyl (C=O) groups excluding carboxylic acids is 3. The number of hydrogen-bond acceptors (Lipinski definition) is 10. The van der Waals surface area contributed by atoms with E-state index in [1.807, 2.05) is 4.72 Å². The van der Waals surface area contributed by atoms with Crippen LogP contribution in [0.4, 0.5) is 4.79 Å². The Balaban J connectivity index is 1.43. The van der Waals surface area contributed by atoms with Crippen molar-refractivity contribution in [3.63, 3.8) is 0 Å². The molecule has 1 saturated heterocycles. The van der Waals surface area contributed by atoms with Gasteiger partial charge in [-0.1, -0.05) is 38.4 Å². The lowest BCUT2D eigenvalue weighted by molar-refractivity contribution is -0.142. The second-order valence-corrected chi connectivity index (χ2v) is 14.9. The number of halogens is 1. The molecule has 0 bridgehead atoms. The maximum absolute atomic E-state index is 14.0.